The molecule has 2 rings (SSSR count). The van der Waals surface area contributed by atoms with E-state index in [1.807, 2.05) is 43.3 Å². The molecule has 1 heterocycles. The standard InChI is InChI=1S/C18H22N2O3S/c1-13-8-10-15(11-9-13)17(16-7-5-6-12-19-16)20(3)18(21)14(2)24(4,22)23/h5-12,14,17H,1-4H3/t14-,17+/m0/s1. The summed E-state index contributed by atoms with van der Waals surface area (Å²) in [6, 6.07) is 12.8. The molecule has 0 aliphatic heterocycles. The van der Waals surface area contributed by atoms with Gasteiger partial charge >= 0.3 is 0 Å². The van der Waals surface area contributed by atoms with Crippen molar-refractivity contribution in [3.05, 3.63) is 65.5 Å². The van der Waals surface area contributed by atoms with Gasteiger partial charge in [-0.05, 0) is 31.5 Å². The molecule has 0 aliphatic carbocycles. The lowest BCUT2D eigenvalue weighted by atomic mass is 10.00. The van der Waals surface area contributed by atoms with Crippen LogP contribution in [0.2, 0.25) is 0 Å². The van der Waals surface area contributed by atoms with Crippen LogP contribution in [-0.4, -0.2) is 42.8 Å². The second-order valence-electron chi connectivity index (χ2n) is 5.99. The zero-order valence-electron chi connectivity index (χ0n) is 14.3. The Hall–Kier alpha value is -2.21. The summed E-state index contributed by atoms with van der Waals surface area (Å²) in [7, 11) is -1.85. The molecule has 1 amide bonds. The summed E-state index contributed by atoms with van der Waals surface area (Å²) in [5, 5.41) is -1.10. The highest BCUT2D eigenvalue weighted by atomic mass is 32.2. The SMILES string of the molecule is Cc1ccc([C@H](c2ccccn2)N(C)C(=O)[C@H](C)S(C)(=O)=O)cc1. The Labute approximate surface area is 143 Å². The number of amides is 1. The van der Waals surface area contributed by atoms with Crippen molar-refractivity contribution in [1.82, 2.24) is 9.88 Å². The Morgan fingerprint density at radius 1 is 1.12 bits per heavy atom. The number of nitrogens with zero attached hydrogens (tertiary/aromatic N) is 2. The van der Waals surface area contributed by atoms with Gasteiger partial charge in [-0.15, -0.1) is 0 Å². The van der Waals surface area contributed by atoms with Crippen molar-refractivity contribution >= 4 is 15.7 Å². The number of aryl methyl sites for hydroxylation is 1. The molecule has 0 saturated heterocycles. The molecule has 2 aromatic rings. The van der Waals surface area contributed by atoms with E-state index in [0.717, 1.165) is 17.4 Å². The molecule has 6 heteroatoms. The highest BCUT2D eigenvalue weighted by Gasteiger charge is 2.32. The number of pyridine rings is 1. The molecule has 5 nitrogen and oxygen atoms in total. The first-order valence-electron chi connectivity index (χ1n) is 7.65. The van der Waals surface area contributed by atoms with E-state index < -0.39 is 27.0 Å². The van der Waals surface area contributed by atoms with Crippen LogP contribution in [0.1, 0.15) is 29.8 Å². The Kier molecular flexibility index (Phi) is 5.39. The van der Waals surface area contributed by atoms with Gasteiger partial charge in [-0.2, -0.15) is 0 Å². The highest BCUT2D eigenvalue weighted by molar-refractivity contribution is 7.92. The largest absolute Gasteiger partial charge is 0.332 e. The van der Waals surface area contributed by atoms with Crippen molar-refractivity contribution in [1.29, 1.82) is 0 Å². The fourth-order valence-electron chi connectivity index (χ4n) is 2.48. The van der Waals surface area contributed by atoms with E-state index in [0.29, 0.717) is 5.69 Å². The number of rotatable bonds is 5. The average Bonchev–Trinajstić information content (AvgIpc) is 2.55. The zero-order chi connectivity index (χ0) is 17.9. The van der Waals surface area contributed by atoms with Crippen LogP contribution in [0.3, 0.4) is 0 Å². The minimum atomic E-state index is -3.46. The predicted octanol–water partition coefficient (Wildman–Crippen LogP) is 2.37. The number of hydrogen-bond acceptors (Lipinski definition) is 4. The van der Waals surface area contributed by atoms with Crippen LogP contribution in [0.4, 0.5) is 0 Å². The smallest absolute Gasteiger partial charge is 0.241 e. The molecule has 0 bridgehead atoms. The average molecular weight is 346 g/mol. The summed E-state index contributed by atoms with van der Waals surface area (Å²) < 4.78 is 23.5. The van der Waals surface area contributed by atoms with E-state index >= 15 is 0 Å². The molecule has 0 fully saturated rings. The van der Waals surface area contributed by atoms with Crippen molar-refractivity contribution in [2.75, 3.05) is 13.3 Å². The number of aromatic nitrogens is 1. The van der Waals surface area contributed by atoms with Crippen molar-refractivity contribution in [3.8, 4) is 0 Å². The van der Waals surface area contributed by atoms with Crippen LogP contribution in [0.15, 0.2) is 48.7 Å². The Morgan fingerprint density at radius 3 is 2.25 bits per heavy atom. The maximum Gasteiger partial charge on any atom is 0.241 e. The molecule has 128 valence electrons. The third kappa shape index (κ3) is 4.00. The molecule has 0 radical (unpaired) electrons. The first-order valence-corrected chi connectivity index (χ1v) is 9.60. The molecular weight excluding hydrogens is 324 g/mol. The summed E-state index contributed by atoms with van der Waals surface area (Å²) in [4.78, 5) is 18.5. The van der Waals surface area contributed by atoms with Crippen molar-refractivity contribution in [2.24, 2.45) is 0 Å². The van der Waals surface area contributed by atoms with Gasteiger partial charge in [-0.25, -0.2) is 8.42 Å². The molecule has 24 heavy (non-hydrogen) atoms. The minimum absolute atomic E-state index is 0.441. The predicted molar refractivity (Wildman–Crippen MR) is 94.3 cm³/mol. The van der Waals surface area contributed by atoms with Crippen molar-refractivity contribution in [3.63, 3.8) is 0 Å². The van der Waals surface area contributed by atoms with E-state index in [1.165, 1.54) is 11.8 Å². The monoisotopic (exact) mass is 346 g/mol. The third-order valence-electron chi connectivity index (χ3n) is 4.09. The van der Waals surface area contributed by atoms with Crippen LogP contribution in [0.5, 0.6) is 0 Å². The Balaban J connectivity index is 2.46. The number of hydrogen-bond donors (Lipinski definition) is 0. The van der Waals surface area contributed by atoms with Gasteiger partial charge in [0.1, 0.15) is 5.25 Å². The van der Waals surface area contributed by atoms with Crippen molar-refractivity contribution in [2.45, 2.75) is 25.1 Å². The molecule has 0 unspecified atom stereocenters. The van der Waals surface area contributed by atoms with Crippen molar-refractivity contribution < 1.29 is 13.2 Å². The van der Waals surface area contributed by atoms with Crippen LogP contribution in [0.25, 0.3) is 0 Å². The number of benzene rings is 1. The fourth-order valence-corrected chi connectivity index (χ4v) is 3.01. The fraction of sp³-hybridized carbons (Fsp3) is 0.333. The number of carbonyl (C=O) groups is 1. The van der Waals surface area contributed by atoms with Gasteiger partial charge in [0.05, 0.1) is 11.7 Å². The van der Waals surface area contributed by atoms with E-state index in [-0.39, 0.29) is 0 Å². The second kappa shape index (κ2) is 7.13. The molecule has 1 aromatic heterocycles. The third-order valence-corrected chi connectivity index (χ3v) is 5.57. The van der Waals surface area contributed by atoms with Gasteiger partial charge in [0.2, 0.25) is 5.91 Å². The Morgan fingerprint density at radius 2 is 1.75 bits per heavy atom. The summed E-state index contributed by atoms with van der Waals surface area (Å²) in [6.07, 6.45) is 2.74. The van der Waals surface area contributed by atoms with Crippen LogP contribution < -0.4 is 0 Å². The number of sulfone groups is 1. The minimum Gasteiger partial charge on any atom is -0.332 e. The van der Waals surface area contributed by atoms with E-state index in [9.17, 15) is 13.2 Å². The van der Waals surface area contributed by atoms with Gasteiger partial charge in [0.15, 0.2) is 9.84 Å². The van der Waals surface area contributed by atoms with Crippen LogP contribution >= 0.6 is 0 Å². The second-order valence-corrected chi connectivity index (χ2v) is 8.35. The first kappa shape index (κ1) is 18.1. The van der Waals surface area contributed by atoms with Gasteiger partial charge in [-0.3, -0.25) is 9.78 Å². The molecular formula is C18H22N2O3S. The lowest BCUT2D eigenvalue weighted by molar-refractivity contribution is -0.130. The zero-order valence-corrected chi connectivity index (χ0v) is 15.1. The summed E-state index contributed by atoms with van der Waals surface area (Å²) in [6.45, 7) is 3.40. The topological polar surface area (TPSA) is 67.3 Å². The molecule has 0 saturated carbocycles. The molecule has 0 N–H and O–H groups in total. The quantitative estimate of drug-likeness (QED) is 0.833. The van der Waals surface area contributed by atoms with E-state index in [1.54, 1.807) is 19.3 Å². The highest BCUT2D eigenvalue weighted by Crippen LogP contribution is 2.27. The van der Waals surface area contributed by atoms with Crippen LogP contribution in [0, 0.1) is 6.92 Å². The van der Waals surface area contributed by atoms with E-state index in [4.69, 9.17) is 0 Å². The Bertz CT molecular complexity index is 802. The lowest BCUT2D eigenvalue weighted by Gasteiger charge is -2.30. The lowest BCUT2D eigenvalue weighted by Crippen LogP contribution is -2.41. The van der Waals surface area contributed by atoms with Gasteiger partial charge < -0.3 is 4.90 Å². The first-order chi connectivity index (χ1) is 11.2. The van der Waals surface area contributed by atoms with Gasteiger partial charge in [0, 0.05) is 19.5 Å². The number of carbonyl (C=O) groups excluding carboxylic acids is 1. The van der Waals surface area contributed by atoms with Gasteiger partial charge in [-0.1, -0.05) is 35.9 Å². The molecule has 2 atom stereocenters. The summed E-state index contributed by atoms with van der Waals surface area (Å²) in [5.74, 6) is -0.450. The van der Waals surface area contributed by atoms with E-state index in [2.05, 4.69) is 4.98 Å². The normalized spacial score (nSPS) is 14.0. The molecule has 0 aliphatic rings. The molecule has 0 spiro atoms. The van der Waals surface area contributed by atoms with Gasteiger partial charge in [0.25, 0.3) is 0 Å². The summed E-state index contributed by atoms with van der Waals surface area (Å²) in [5.41, 5.74) is 2.69. The summed E-state index contributed by atoms with van der Waals surface area (Å²) >= 11 is 0. The maximum absolute atomic E-state index is 12.7. The molecule has 1 aromatic carbocycles. The van der Waals surface area contributed by atoms with Crippen LogP contribution in [-0.2, 0) is 14.6 Å². The maximum atomic E-state index is 12.7.